The first-order chi connectivity index (χ1) is 33.6. The Balaban J connectivity index is 1.48. The number of hydrogen-bond donors (Lipinski definition) is 5. The van der Waals surface area contributed by atoms with Gasteiger partial charge in [-0.25, -0.2) is 4.79 Å². The predicted molar refractivity (Wildman–Crippen MR) is 264 cm³/mol. The average molecular weight is 972 g/mol. The van der Waals surface area contributed by atoms with Gasteiger partial charge in [-0.05, 0) is 54.3 Å². The number of nitrogens with zero attached hydrogens (tertiary/aromatic N) is 2. The summed E-state index contributed by atoms with van der Waals surface area (Å²) in [7, 11) is 7.04. The molecule has 18 heteroatoms. The number of esters is 1. The summed E-state index contributed by atoms with van der Waals surface area (Å²) < 4.78 is 22.3. The molecule has 1 aliphatic rings. The minimum Gasteiger partial charge on any atom is -0.496 e. The summed E-state index contributed by atoms with van der Waals surface area (Å²) in [4.78, 5) is 97.5. The summed E-state index contributed by atoms with van der Waals surface area (Å²) in [6.07, 6.45) is 9.73. The van der Waals surface area contributed by atoms with Gasteiger partial charge in [-0.1, -0.05) is 107 Å². The van der Waals surface area contributed by atoms with Crippen molar-refractivity contribution in [2.24, 2.45) is 5.73 Å². The van der Waals surface area contributed by atoms with Gasteiger partial charge in [0.15, 0.2) is 6.17 Å². The van der Waals surface area contributed by atoms with E-state index in [9.17, 15) is 33.6 Å². The van der Waals surface area contributed by atoms with E-state index in [-0.39, 0.29) is 32.0 Å². The molecule has 0 aromatic heterocycles. The van der Waals surface area contributed by atoms with Gasteiger partial charge in [-0.2, -0.15) is 0 Å². The molecule has 6 amide bonds. The third kappa shape index (κ3) is 16.6. The SMILES string of the molecule is CCCCCCCCCCCCC(=O)N(C)[C@H](COCc1ccccc1)C(=O)N[C@H](N)C(=O)NCC(=O)N(C)[C@@H]1C(=O)N[C@@H](C)C(=O)N[C@H](C(=O)OC)Cc2ccc(OC)c(c2)-c2cc1ccc2OC. The standard InChI is InChI=1S/C52H73N7O11/c1-8-9-10-11-12-13-14-15-16-20-23-44(60)58(3)41(33-70-32-35-21-18-17-19-22-35)49(63)57-47(53)51(65)54-31-45(61)59(4)46-37-25-27-43(68-6)39(30-37)38-28-36(24-26-42(38)67-5)29-40(52(66)69-7)56-48(62)34(2)55-50(46)64/h17-19,21-22,24-28,30,34,40-41,46-47H,8-16,20,23,29,31-33,53H2,1-7H3,(H,54,65)(H,55,64)(H,56,62)(H,57,63)/t34-,40-,41+,46-,47-/m0/s1. The molecule has 0 saturated heterocycles. The fraction of sp³-hybridized carbons (Fsp3) is 0.519. The summed E-state index contributed by atoms with van der Waals surface area (Å²) in [5.74, 6) is -3.95. The number of hydrogen-bond acceptors (Lipinski definition) is 12. The van der Waals surface area contributed by atoms with Crippen molar-refractivity contribution < 1.29 is 52.5 Å². The van der Waals surface area contributed by atoms with Gasteiger partial charge >= 0.3 is 5.97 Å². The molecule has 0 fully saturated rings. The van der Waals surface area contributed by atoms with Crippen LogP contribution in [-0.2, 0) is 56.1 Å². The molecule has 0 radical (unpaired) electrons. The van der Waals surface area contributed by atoms with Crippen LogP contribution in [0.2, 0.25) is 0 Å². The number of carbonyl (C=O) groups excluding carboxylic acids is 7. The van der Waals surface area contributed by atoms with Crippen molar-refractivity contribution in [2.75, 3.05) is 48.6 Å². The van der Waals surface area contributed by atoms with Crippen LogP contribution in [0.3, 0.4) is 0 Å². The Morgan fingerprint density at radius 1 is 0.757 bits per heavy atom. The summed E-state index contributed by atoms with van der Waals surface area (Å²) in [6, 6.07) is 14.6. The molecule has 1 aliphatic heterocycles. The molecule has 0 spiro atoms. The van der Waals surface area contributed by atoms with E-state index < -0.39 is 72.4 Å². The van der Waals surface area contributed by atoms with E-state index in [1.54, 1.807) is 36.4 Å². The third-order valence-corrected chi connectivity index (χ3v) is 12.4. The third-order valence-electron chi connectivity index (χ3n) is 12.4. The second-order valence-electron chi connectivity index (χ2n) is 17.6. The molecule has 0 unspecified atom stereocenters. The second-order valence-corrected chi connectivity index (χ2v) is 17.6. The second kappa shape index (κ2) is 28.8. The highest BCUT2D eigenvalue weighted by Gasteiger charge is 2.35. The van der Waals surface area contributed by atoms with Gasteiger partial charge in [0.2, 0.25) is 29.5 Å². The Bertz CT molecular complexity index is 2230. The Morgan fingerprint density at radius 3 is 2.00 bits per heavy atom. The van der Waals surface area contributed by atoms with Gasteiger partial charge in [0.25, 0.3) is 5.91 Å². The molecule has 5 atom stereocenters. The average Bonchev–Trinajstić information content (AvgIpc) is 3.36. The number of unbranched alkanes of at least 4 members (excludes halogenated alkanes) is 9. The van der Waals surface area contributed by atoms with Gasteiger partial charge in [-0.3, -0.25) is 28.8 Å². The number of benzene rings is 3. The summed E-state index contributed by atoms with van der Waals surface area (Å²) in [5.41, 5.74) is 9.04. The molecular formula is C52H73N7O11. The monoisotopic (exact) mass is 972 g/mol. The summed E-state index contributed by atoms with van der Waals surface area (Å²) in [6.45, 7) is 2.97. The van der Waals surface area contributed by atoms with Crippen molar-refractivity contribution in [3.63, 3.8) is 0 Å². The first kappa shape index (κ1) is 56.1. The zero-order valence-electron chi connectivity index (χ0n) is 41.8. The van der Waals surface area contributed by atoms with Crippen LogP contribution in [0, 0.1) is 0 Å². The quantitative estimate of drug-likeness (QED) is 0.0450. The normalized spacial score (nSPS) is 16.5. The van der Waals surface area contributed by atoms with E-state index in [1.807, 2.05) is 30.3 Å². The maximum Gasteiger partial charge on any atom is 0.328 e. The van der Waals surface area contributed by atoms with Crippen molar-refractivity contribution in [3.8, 4) is 22.6 Å². The number of nitrogens with two attached hydrogens (primary N) is 1. The van der Waals surface area contributed by atoms with E-state index >= 15 is 0 Å². The van der Waals surface area contributed by atoms with E-state index in [4.69, 9.17) is 24.7 Å². The van der Waals surface area contributed by atoms with Gasteiger partial charge in [-0.15, -0.1) is 0 Å². The van der Waals surface area contributed by atoms with E-state index in [0.717, 1.165) is 29.7 Å². The predicted octanol–water partition coefficient (Wildman–Crippen LogP) is 4.46. The van der Waals surface area contributed by atoms with Gasteiger partial charge in [0, 0.05) is 38.1 Å². The number of likely N-dealkylation sites (N-methyl/N-ethyl adjacent to an activating group) is 2. The van der Waals surface area contributed by atoms with Gasteiger partial charge in [0.05, 0.1) is 41.1 Å². The van der Waals surface area contributed by atoms with E-state index in [1.165, 1.54) is 85.8 Å². The largest absolute Gasteiger partial charge is 0.496 e. The zero-order chi connectivity index (χ0) is 51.2. The molecule has 6 N–H and O–H groups in total. The molecule has 1 heterocycles. The fourth-order valence-electron chi connectivity index (χ4n) is 8.17. The number of fused-ring (bicyclic) bond motifs is 5. The molecule has 382 valence electrons. The van der Waals surface area contributed by atoms with Crippen molar-refractivity contribution >= 4 is 41.4 Å². The van der Waals surface area contributed by atoms with Crippen LogP contribution in [0.1, 0.15) is 107 Å². The minimum absolute atomic E-state index is 0.0525. The van der Waals surface area contributed by atoms with Crippen LogP contribution in [0.15, 0.2) is 66.7 Å². The lowest BCUT2D eigenvalue weighted by Crippen LogP contribution is -2.59. The first-order valence-corrected chi connectivity index (χ1v) is 24.1. The van der Waals surface area contributed by atoms with Crippen LogP contribution < -0.4 is 36.5 Å². The van der Waals surface area contributed by atoms with E-state index in [2.05, 4.69) is 28.2 Å². The molecule has 3 aromatic carbocycles. The molecule has 3 aromatic rings. The number of nitrogens with one attached hydrogen (secondary N) is 4. The highest BCUT2D eigenvalue weighted by molar-refractivity contribution is 5.96. The van der Waals surface area contributed by atoms with Gasteiger partial charge in [0.1, 0.15) is 35.7 Å². The summed E-state index contributed by atoms with van der Waals surface area (Å²) >= 11 is 0. The minimum atomic E-state index is -1.64. The maximum atomic E-state index is 14.2. The Kier molecular flexibility index (Phi) is 23.1. The van der Waals surface area contributed by atoms with Crippen LogP contribution in [-0.4, -0.2) is 124 Å². The van der Waals surface area contributed by atoms with Crippen LogP contribution in [0.4, 0.5) is 0 Å². The van der Waals surface area contributed by atoms with Gasteiger partial charge < -0.3 is 55.7 Å². The fourth-order valence-corrected chi connectivity index (χ4v) is 8.17. The molecule has 4 rings (SSSR count). The first-order valence-electron chi connectivity index (χ1n) is 24.1. The van der Waals surface area contributed by atoms with Crippen LogP contribution in [0.5, 0.6) is 11.5 Å². The number of ether oxygens (including phenoxy) is 4. The van der Waals surface area contributed by atoms with Crippen LogP contribution >= 0.6 is 0 Å². The Hall–Kier alpha value is -6.53. The number of amides is 6. The van der Waals surface area contributed by atoms with Crippen molar-refractivity contribution in [2.45, 2.75) is 128 Å². The lowest BCUT2D eigenvalue weighted by Gasteiger charge is -2.30. The number of carbonyl (C=O) groups is 7. The Labute approximate surface area is 412 Å². The molecule has 0 aliphatic carbocycles. The molecule has 4 bridgehead atoms. The Morgan fingerprint density at radius 2 is 1.37 bits per heavy atom. The van der Waals surface area contributed by atoms with E-state index in [0.29, 0.717) is 40.2 Å². The molecule has 18 nitrogen and oxygen atoms in total. The van der Waals surface area contributed by atoms with Crippen LogP contribution in [0.25, 0.3) is 11.1 Å². The van der Waals surface area contributed by atoms with Crippen molar-refractivity contribution in [3.05, 3.63) is 83.4 Å². The van der Waals surface area contributed by atoms with Crippen molar-refractivity contribution in [1.82, 2.24) is 31.1 Å². The zero-order valence-corrected chi connectivity index (χ0v) is 41.8. The summed E-state index contributed by atoms with van der Waals surface area (Å²) in [5, 5.41) is 10.2. The van der Waals surface area contributed by atoms with Crippen molar-refractivity contribution in [1.29, 1.82) is 0 Å². The lowest BCUT2D eigenvalue weighted by molar-refractivity contribution is -0.145. The topological polar surface area (TPSA) is 237 Å². The highest BCUT2D eigenvalue weighted by atomic mass is 16.5. The number of rotatable bonds is 25. The smallest absolute Gasteiger partial charge is 0.328 e. The highest BCUT2D eigenvalue weighted by Crippen LogP contribution is 2.39. The molecular weight excluding hydrogens is 899 g/mol. The number of methoxy groups -OCH3 is 3. The molecule has 0 saturated carbocycles. The maximum absolute atomic E-state index is 14.2. The molecule has 70 heavy (non-hydrogen) atoms. The lowest BCUT2D eigenvalue weighted by atomic mass is 9.93.